The second-order valence-corrected chi connectivity index (χ2v) is 8.20. The Labute approximate surface area is 187 Å². The first kappa shape index (κ1) is 27.1. The predicted molar refractivity (Wildman–Crippen MR) is 126 cm³/mol. The predicted octanol–water partition coefficient (Wildman–Crippen LogP) is 2.99. The molecular formula is C19H35IN4O3S. The number of hydrogen-bond donors (Lipinski definition) is 3. The molecule has 0 radical (unpaired) electrons. The van der Waals surface area contributed by atoms with Gasteiger partial charge in [0.2, 0.25) is 10.0 Å². The largest absolute Gasteiger partial charge is 0.383 e. The molecule has 4 N–H and O–H groups in total. The van der Waals surface area contributed by atoms with Crippen LogP contribution in [0.5, 0.6) is 0 Å². The summed E-state index contributed by atoms with van der Waals surface area (Å²) >= 11 is 0. The van der Waals surface area contributed by atoms with Gasteiger partial charge in [0.25, 0.3) is 0 Å². The Balaban J connectivity index is 0.00000729. The average Bonchev–Trinajstić information content (AvgIpc) is 2.66. The minimum absolute atomic E-state index is 0. The number of sulfonamides is 1. The summed E-state index contributed by atoms with van der Waals surface area (Å²) in [5.41, 5.74) is 6.77. The van der Waals surface area contributed by atoms with Gasteiger partial charge >= 0.3 is 0 Å². The molecule has 1 rings (SSSR count). The van der Waals surface area contributed by atoms with Gasteiger partial charge < -0.3 is 15.8 Å². The number of ether oxygens (including phenoxy) is 1. The Morgan fingerprint density at radius 2 is 1.71 bits per heavy atom. The number of nitrogens with two attached hydrogens (primary N) is 1. The Morgan fingerprint density at radius 3 is 2.36 bits per heavy atom. The molecule has 9 heteroatoms. The van der Waals surface area contributed by atoms with Gasteiger partial charge in [-0.05, 0) is 24.1 Å². The third-order valence-electron chi connectivity index (χ3n) is 4.10. The van der Waals surface area contributed by atoms with E-state index in [-0.39, 0.29) is 35.4 Å². The van der Waals surface area contributed by atoms with Crippen molar-refractivity contribution in [1.29, 1.82) is 0 Å². The lowest BCUT2D eigenvalue weighted by Gasteiger charge is -2.07. The van der Waals surface area contributed by atoms with Gasteiger partial charge in [-0.25, -0.2) is 18.1 Å². The molecule has 0 saturated carbocycles. The second-order valence-electron chi connectivity index (χ2n) is 6.43. The Kier molecular flexibility index (Phi) is 15.4. The van der Waals surface area contributed by atoms with Crippen LogP contribution in [0.3, 0.4) is 0 Å². The second kappa shape index (κ2) is 15.9. The molecule has 0 saturated heterocycles. The fraction of sp³-hybridized carbons (Fsp3) is 0.632. The van der Waals surface area contributed by atoms with Gasteiger partial charge in [-0.15, -0.1) is 24.0 Å². The molecule has 0 spiro atoms. The topological polar surface area (TPSA) is 106 Å². The summed E-state index contributed by atoms with van der Waals surface area (Å²) in [5.74, 6) is 0.418. The van der Waals surface area contributed by atoms with Gasteiger partial charge in [-0.3, -0.25) is 0 Å². The van der Waals surface area contributed by atoms with Crippen molar-refractivity contribution in [1.82, 2.24) is 10.0 Å². The third-order valence-corrected chi connectivity index (χ3v) is 5.58. The van der Waals surface area contributed by atoms with Gasteiger partial charge in [0.1, 0.15) is 0 Å². The summed E-state index contributed by atoms with van der Waals surface area (Å²) in [4.78, 5) is 4.52. The van der Waals surface area contributed by atoms with Crippen LogP contribution in [0.1, 0.15) is 51.0 Å². The van der Waals surface area contributed by atoms with E-state index >= 15 is 0 Å². The van der Waals surface area contributed by atoms with Crippen LogP contribution in [0.15, 0.2) is 34.2 Å². The number of nitrogens with zero attached hydrogens (tertiary/aromatic N) is 1. The van der Waals surface area contributed by atoms with E-state index in [1.807, 2.05) is 0 Å². The van der Waals surface area contributed by atoms with E-state index in [1.54, 1.807) is 24.3 Å². The highest BCUT2D eigenvalue weighted by Gasteiger charge is 2.12. The van der Waals surface area contributed by atoms with Crippen molar-refractivity contribution in [3.8, 4) is 0 Å². The minimum atomic E-state index is -3.51. The molecule has 0 fully saturated rings. The molecule has 28 heavy (non-hydrogen) atoms. The fourth-order valence-corrected chi connectivity index (χ4v) is 3.50. The third kappa shape index (κ3) is 11.8. The SMILES string of the molecule is CCCCCCCCNC(N)=NCc1ccc(S(=O)(=O)NCCOC)cc1.I. The molecule has 0 bridgehead atoms. The van der Waals surface area contributed by atoms with Gasteiger partial charge in [0.15, 0.2) is 5.96 Å². The Morgan fingerprint density at radius 1 is 1.07 bits per heavy atom. The summed E-state index contributed by atoms with van der Waals surface area (Å²) in [7, 11) is -1.98. The highest BCUT2D eigenvalue weighted by Crippen LogP contribution is 2.11. The maximum Gasteiger partial charge on any atom is 0.240 e. The van der Waals surface area contributed by atoms with Crippen LogP contribution < -0.4 is 15.8 Å². The van der Waals surface area contributed by atoms with Gasteiger partial charge in [-0.1, -0.05) is 51.2 Å². The van der Waals surface area contributed by atoms with Crippen LogP contribution in [0.2, 0.25) is 0 Å². The molecule has 0 aliphatic carbocycles. The van der Waals surface area contributed by atoms with Gasteiger partial charge in [-0.2, -0.15) is 0 Å². The lowest BCUT2D eigenvalue weighted by Crippen LogP contribution is -2.32. The summed E-state index contributed by atoms with van der Waals surface area (Å²) in [5, 5.41) is 3.12. The van der Waals surface area contributed by atoms with Crippen LogP contribution in [0.4, 0.5) is 0 Å². The number of aliphatic imine (C=N–C) groups is 1. The average molecular weight is 526 g/mol. The van der Waals surface area contributed by atoms with E-state index in [0.29, 0.717) is 19.1 Å². The molecule has 0 aromatic heterocycles. The normalized spacial score (nSPS) is 11.9. The number of unbranched alkanes of at least 4 members (excludes halogenated alkanes) is 5. The number of hydrogen-bond acceptors (Lipinski definition) is 4. The summed E-state index contributed by atoms with van der Waals surface area (Å²) in [6.07, 6.45) is 7.42. The highest BCUT2D eigenvalue weighted by molar-refractivity contribution is 14.0. The Hall–Kier alpha value is -0.910. The zero-order valence-corrected chi connectivity index (χ0v) is 20.1. The van der Waals surface area contributed by atoms with Gasteiger partial charge in [0.05, 0.1) is 18.0 Å². The minimum Gasteiger partial charge on any atom is -0.383 e. The highest BCUT2D eigenvalue weighted by atomic mass is 127. The number of nitrogens with one attached hydrogen (secondary N) is 2. The first-order valence-electron chi connectivity index (χ1n) is 9.61. The van der Waals surface area contributed by atoms with Crippen molar-refractivity contribution in [3.63, 3.8) is 0 Å². The summed E-state index contributed by atoms with van der Waals surface area (Å²) in [6.45, 7) is 4.02. The number of methoxy groups -OCH3 is 1. The van der Waals surface area contributed by atoms with Gasteiger partial charge in [0, 0.05) is 20.2 Å². The van der Waals surface area contributed by atoms with Crippen molar-refractivity contribution in [3.05, 3.63) is 29.8 Å². The van der Waals surface area contributed by atoms with E-state index in [1.165, 1.54) is 39.2 Å². The molecule has 162 valence electrons. The summed E-state index contributed by atoms with van der Waals surface area (Å²) in [6, 6.07) is 6.63. The molecular weight excluding hydrogens is 491 g/mol. The van der Waals surface area contributed by atoms with Crippen molar-refractivity contribution in [2.45, 2.75) is 56.9 Å². The molecule has 0 aliphatic heterocycles. The lowest BCUT2D eigenvalue weighted by molar-refractivity contribution is 0.204. The molecule has 1 aromatic rings. The Bertz CT molecular complexity index is 652. The maximum atomic E-state index is 12.1. The van der Waals surface area contributed by atoms with E-state index in [2.05, 4.69) is 22.0 Å². The first-order chi connectivity index (χ1) is 13.0. The fourth-order valence-electron chi connectivity index (χ4n) is 2.49. The monoisotopic (exact) mass is 526 g/mol. The van der Waals surface area contributed by atoms with Crippen LogP contribution in [0.25, 0.3) is 0 Å². The van der Waals surface area contributed by atoms with Crippen LogP contribution in [-0.4, -0.2) is 41.2 Å². The molecule has 0 atom stereocenters. The number of benzene rings is 1. The smallest absolute Gasteiger partial charge is 0.240 e. The van der Waals surface area contributed by atoms with Crippen molar-refractivity contribution < 1.29 is 13.2 Å². The zero-order valence-electron chi connectivity index (χ0n) is 16.9. The molecule has 0 heterocycles. The van der Waals surface area contributed by atoms with Crippen molar-refractivity contribution >= 4 is 40.0 Å². The van der Waals surface area contributed by atoms with Crippen LogP contribution in [0, 0.1) is 0 Å². The quantitative estimate of drug-likeness (QED) is 0.150. The standard InChI is InChI=1S/C19H34N4O3S.HI/c1-3-4-5-6-7-8-13-21-19(20)22-16-17-9-11-18(12-10-17)27(24,25)23-14-15-26-2;/h9-12,23H,3-8,13-16H2,1-2H3,(H3,20,21,22);1H. The summed E-state index contributed by atoms with van der Waals surface area (Å²) < 4.78 is 31.5. The molecule has 0 unspecified atom stereocenters. The molecule has 7 nitrogen and oxygen atoms in total. The number of halogens is 1. The zero-order chi connectivity index (χ0) is 20.0. The first-order valence-corrected chi connectivity index (χ1v) is 11.1. The van der Waals surface area contributed by atoms with Crippen molar-refractivity contribution in [2.24, 2.45) is 10.7 Å². The number of rotatable bonds is 14. The van der Waals surface area contributed by atoms with Crippen LogP contribution in [-0.2, 0) is 21.3 Å². The van der Waals surface area contributed by atoms with E-state index in [9.17, 15) is 8.42 Å². The number of guanidine groups is 1. The van der Waals surface area contributed by atoms with Crippen molar-refractivity contribution in [2.75, 3.05) is 26.8 Å². The maximum absolute atomic E-state index is 12.1. The van der Waals surface area contributed by atoms with Crippen LogP contribution >= 0.6 is 24.0 Å². The molecule has 0 amide bonds. The van der Waals surface area contributed by atoms with E-state index in [0.717, 1.165) is 18.5 Å². The van der Waals surface area contributed by atoms with E-state index < -0.39 is 10.0 Å². The van der Waals surface area contributed by atoms with E-state index in [4.69, 9.17) is 10.5 Å². The molecule has 1 aromatic carbocycles. The molecule has 0 aliphatic rings. The lowest BCUT2D eigenvalue weighted by atomic mass is 10.1.